The Bertz CT molecular complexity index is 1040. The minimum Gasteiger partial charge on any atom is -0.382 e. The van der Waals surface area contributed by atoms with Crippen LogP contribution in [0.3, 0.4) is 0 Å². The van der Waals surface area contributed by atoms with Crippen LogP contribution in [0.25, 0.3) is 0 Å². The van der Waals surface area contributed by atoms with Crippen LogP contribution in [-0.2, 0) is 0 Å². The lowest BCUT2D eigenvalue weighted by Gasteiger charge is -2.34. The number of nitrogens with zero attached hydrogens (tertiary/aromatic N) is 3. The Hall–Kier alpha value is -3.04. The van der Waals surface area contributed by atoms with Gasteiger partial charge in [-0.25, -0.2) is 13.8 Å². The van der Waals surface area contributed by atoms with Gasteiger partial charge in [0.2, 0.25) is 5.78 Å². The highest BCUT2D eigenvalue weighted by molar-refractivity contribution is 7.18. The minimum atomic E-state index is -0.819. The monoisotopic (exact) mass is 429 g/mol. The number of anilines is 4. The van der Waals surface area contributed by atoms with E-state index < -0.39 is 17.4 Å². The normalized spacial score (nSPS) is 14.7. The third-order valence-electron chi connectivity index (χ3n) is 4.97. The van der Waals surface area contributed by atoms with Crippen LogP contribution in [0, 0.1) is 11.6 Å². The first-order chi connectivity index (χ1) is 14.4. The summed E-state index contributed by atoms with van der Waals surface area (Å²) in [4.78, 5) is 21.6. The van der Waals surface area contributed by atoms with Gasteiger partial charge in [-0.3, -0.25) is 4.79 Å². The molecule has 0 saturated carbocycles. The summed E-state index contributed by atoms with van der Waals surface area (Å²) in [5.41, 5.74) is 7.73. The molecule has 9 heteroatoms. The number of carbonyl (C=O) groups is 1. The Morgan fingerprint density at radius 1 is 1.07 bits per heavy atom. The van der Waals surface area contributed by atoms with Crippen molar-refractivity contribution in [2.45, 2.75) is 0 Å². The van der Waals surface area contributed by atoms with Crippen LogP contribution in [0.5, 0.6) is 0 Å². The van der Waals surface area contributed by atoms with E-state index in [9.17, 15) is 13.6 Å². The molecule has 0 aliphatic carbocycles. The number of piperazine rings is 1. The van der Waals surface area contributed by atoms with E-state index in [1.54, 1.807) is 0 Å². The summed E-state index contributed by atoms with van der Waals surface area (Å²) in [6, 6.07) is 10.6. The van der Waals surface area contributed by atoms with Crippen LogP contribution in [0.15, 0.2) is 42.5 Å². The quantitative estimate of drug-likeness (QED) is 0.602. The molecule has 1 aliphatic rings. The third kappa shape index (κ3) is 4.42. The number of hydrogen-bond acceptors (Lipinski definition) is 7. The molecule has 3 aromatic rings. The molecule has 4 rings (SSSR count). The number of carbonyl (C=O) groups excluding carboxylic acids is 1. The standard InChI is InChI=1S/C21H21F2N5OS/c1-27-6-8-28(9-7-27)17-4-2-16(3-5-17)25-21-26-20(24)19(30-21)18(29)13-10-14(22)12-15(23)11-13/h2-5,10-12H,6-9,24H2,1H3,(H,25,26). The number of halogens is 2. The SMILES string of the molecule is CN1CCN(c2ccc(Nc3nc(N)c(C(=O)c4cc(F)cc(F)c4)s3)cc2)CC1. The van der Waals surface area contributed by atoms with Gasteiger partial charge < -0.3 is 20.9 Å². The largest absolute Gasteiger partial charge is 0.382 e. The number of nitrogens with two attached hydrogens (primary N) is 1. The van der Waals surface area contributed by atoms with E-state index in [-0.39, 0.29) is 16.3 Å². The van der Waals surface area contributed by atoms with E-state index in [1.165, 1.54) is 0 Å². The fourth-order valence-corrected chi connectivity index (χ4v) is 4.17. The van der Waals surface area contributed by atoms with Gasteiger partial charge in [0.1, 0.15) is 22.3 Å². The van der Waals surface area contributed by atoms with E-state index in [2.05, 4.69) is 27.1 Å². The summed E-state index contributed by atoms with van der Waals surface area (Å²) >= 11 is 1.04. The molecule has 3 N–H and O–H groups in total. The van der Waals surface area contributed by atoms with Crippen molar-refractivity contribution in [3.05, 3.63) is 64.5 Å². The molecule has 1 fully saturated rings. The number of benzene rings is 2. The number of rotatable bonds is 5. The van der Waals surface area contributed by atoms with Gasteiger partial charge >= 0.3 is 0 Å². The second kappa shape index (κ2) is 8.37. The van der Waals surface area contributed by atoms with Crippen LogP contribution < -0.4 is 16.0 Å². The van der Waals surface area contributed by atoms with Crippen LogP contribution in [0.1, 0.15) is 15.2 Å². The topological polar surface area (TPSA) is 74.5 Å². The molecule has 0 spiro atoms. The molecule has 30 heavy (non-hydrogen) atoms. The molecular weight excluding hydrogens is 408 g/mol. The number of thiazole rings is 1. The van der Waals surface area contributed by atoms with Crippen molar-refractivity contribution in [3.8, 4) is 0 Å². The van der Waals surface area contributed by atoms with Gasteiger partial charge in [0.15, 0.2) is 5.13 Å². The van der Waals surface area contributed by atoms with Gasteiger partial charge in [-0.2, -0.15) is 0 Å². The first-order valence-electron chi connectivity index (χ1n) is 9.47. The molecule has 2 aromatic carbocycles. The van der Waals surface area contributed by atoms with Gasteiger partial charge in [-0.1, -0.05) is 11.3 Å². The van der Waals surface area contributed by atoms with E-state index >= 15 is 0 Å². The van der Waals surface area contributed by atoms with Crippen molar-refractivity contribution in [1.29, 1.82) is 0 Å². The van der Waals surface area contributed by atoms with E-state index in [4.69, 9.17) is 5.73 Å². The summed E-state index contributed by atoms with van der Waals surface area (Å²) in [6.07, 6.45) is 0. The van der Waals surface area contributed by atoms with E-state index in [0.717, 1.165) is 61.0 Å². The highest BCUT2D eigenvalue weighted by Crippen LogP contribution is 2.30. The lowest BCUT2D eigenvalue weighted by atomic mass is 10.1. The average molecular weight is 429 g/mol. The summed E-state index contributed by atoms with van der Waals surface area (Å²) < 4.78 is 26.9. The van der Waals surface area contributed by atoms with Crippen LogP contribution in [-0.4, -0.2) is 48.9 Å². The predicted molar refractivity (Wildman–Crippen MR) is 116 cm³/mol. The van der Waals surface area contributed by atoms with Crippen molar-refractivity contribution in [2.75, 3.05) is 49.2 Å². The number of nitrogens with one attached hydrogen (secondary N) is 1. The predicted octanol–water partition coefficient (Wildman–Crippen LogP) is 3.73. The molecule has 2 heterocycles. The van der Waals surface area contributed by atoms with Crippen molar-refractivity contribution >= 4 is 39.4 Å². The highest BCUT2D eigenvalue weighted by Gasteiger charge is 2.20. The second-order valence-corrected chi connectivity index (χ2v) is 8.18. The molecule has 1 saturated heterocycles. The van der Waals surface area contributed by atoms with Crippen molar-refractivity contribution in [2.24, 2.45) is 0 Å². The van der Waals surface area contributed by atoms with Crippen molar-refractivity contribution < 1.29 is 13.6 Å². The Kier molecular flexibility index (Phi) is 5.65. The lowest BCUT2D eigenvalue weighted by molar-refractivity contribution is 0.104. The van der Waals surface area contributed by atoms with Gasteiger partial charge in [0, 0.05) is 49.2 Å². The molecule has 1 aliphatic heterocycles. The summed E-state index contributed by atoms with van der Waals surface area (Å²) in [6.45, 7) is 4.03. The van der Waals surface area contributed by atoms with Gasteiger partial charge in [0.05, 0.1) is 0 Å². The number of ketones is 1. The molecule has 6 nitrogen and oxygen atoms in total. The highest BCUT2D eigenvalue weighted by atomic mass is 32.1. The van der Waals surface area contributed by atoms with E-state index in [0.29, 0.717) is 11.2 Å². The molecular formula is C21H21F2N5OS. The zero-order valence-electron chi connectivity index (χ0n) is 16.4. The first kappa shape index (κ1) is 20.2. The number of nitrogen functional groups attached to an aromatic ring is 1. The Labute approximate surface area is 176 Å². The van der Waals surface area contributed by atoms with Crippen LogP contribution in [0.2, 0.25) is 0 Å². The van der Waals surface area contributed by atoms with Gasteiger partial charge in [0.25, 0.3) is 0 Å². The number of hydrogen-bond donors (Lipinski definition) is 2. The average Bonchev–Trinajstić information content (AvgIpc) is 3.08. The Balaban J connectivity index is 1.47. The fourth-order valence-electron chi connectivity index (χ4n) is 3.31. The van der Waals surface area contributed by atoms with Crippen molar-refractivity contribution in [3.63, 3.8) is 0 Å². The van der Waals surface area contributed by atoms with Gasteiger partial charge in [-0.15, -0.1) is 0 Å². The third-order valence-corrected chi connectivity index (χ3v) is 5.96. The Morgan fingerprint density at radius 3 is 2.33 bits per heavy atom. The fraction of sp³-hybridized carbons (Fsp3) is 0.238. The van der Waals surface area contributed by atoms with Gasteiger partial charge in [-0.05, 0) is 43.4 Å². The molecule has 0 atom stereocenters. The summed E-state index contributed by atoms with van der Waals surface area (Å²) in [5.74, 6) is -2.19. The zero-order chi connectivity index (χ0) is 21.3. The maximum atomic E-state index is 13.4. The maximum Gasteiger partial charge on any atom is 0.207 e. The minimum absolute atomic E-state index is 0.0197. The Morgan fingerprint density at radius 2 is 1.70 bits per heavy atom. The first-order valence-corrected chi connectivity index (χ1v) is 10.3. The van der Waals surface area contributed by atoms with Crippen LogP contribution in [0.4, 0.5) is 31.1 Å². The van der Waals surface area contributed by atoms with Crippen molar-refractivity contribution in [1.82, 2.24) is 9.88 Å². The molecule has 0 radical (unpaired) electrons. The van der Waals surface area contributed by atoms with Crippen LogP contribution >= 0.6 is 11.3 Å². The molecule has 0 unspecified atom stereocenters. The maximum absolute atomic E-state index is 13.4. The summed E-state index contributed by atoms with van der Waals surface area (Å²) in [7, 11) is 2.12. The molecule has 1 aromatic heterocycles. The molecule has 0 amide bonds. The second-order valence-electron chi connectivity index (χ2n) is 7.18. The zero-order valence-corrected chi connectivity index (χ0v) is 17.2. The molecule has 0 bridgehead atoms. The lowest BCUT2D eigenvalue weighted by Crippen LogP contribution is -2.44. The smallest absolute Gasteiger partial charge is 0.207 e. The van der Waals surface area contributed by atoms with E-state index in [1.807, 2.05) is 24.3 Å². The number of aromatic nitrogens is 1. The molecule has 156 valence electrons. The summed E-state index contributed by atoms with van der Waals surface area (Å²) in [5, 5.41) is 3.56. The number of likely N-dealkylation sites (N-methyl/N-ethyl adjacent to an activating group) is 1.